The lowest BCUT2D eigenvalue weighted by Crippen LogP contribution is -2.32. The molecular formula is C48H45Cl5N8O8. The molecule has 3 unspecified atom stereocenters. The number of aryl methyl sites for hydroxylation is 2. The van der Waals surface area contributed by atoms with Crippen LogP contribution in [0.3, 0.4) is 0 Å². The molecule has 5 aromatic rings. The first-order chi connectivity index (χ1) is 33.0. The number of carbonyl (C=O) groups excluding carboxylic acids is 6. The first-order valence-electron chi connectivity index (χ1n) is 20.9. The number of ether oxygens (including phenoxy) is 2. The lowest BCUT2D eigenvalue weighted by molar-refractivity contribution is -0.127. The van der Waals surface area contributed by atoms with E-state index in [0.29, 0.717) is 53.0 Å². The summed E-state index contributed by atoms with van der Waals surface area (Å²) in [5.41, 5.74) is 3.41. The molecule has 4 amide bonds. The Morgan fingerprint density at radius 2 is 1.03 bits per heavy atom. The highest BCUT2D eigenvalue weighted by Gasteiger charge is 2.27. The fourth-order valence-electron chi connectivity index (χ4n) is 6.67. The Morgan fingerprint density at radius 1 is 0.580 bits per heavy atom. The Hall–Kier alpha value is -6.43. The van der Waals surface area contributed by atoms with Crippen molar-refractivity contribution in [1.29, 1.82) is 0 Å². The predicted molar refractivity (Wildman–Crippen MR) is 270 cm³/mol. The van der Waals surface area contributed by atoms with E-state index in [1.54, 1.807) is 31.2 Å². The Balaban J connectivity index is 1.29. The largest absolute Gasteiger partial charge is 0.494 e. The van der Waals surface area contributed by atoms with Crippen LogP contribution in [0, 0.1) is 0 Å². The molecule has 0 aliphatic rings. The van der Waals surface area contributed by atoms with Crippen LogP contribution in [0.25, 0.3) is 0 Å². The van der Waals surface area contributed by atoms with E-state index in [9.17, 15) is 28.8 Å². The molecule has 0 radical (unpaired) electrons. The summed E-state index contributed by atoms with van der Waals surface area (Å²) in [5.74, 6) is -2.48. The van der Waals surface area contributed by atoms with Crippen LogP contribution < -0.4 is 30.7 Å². The second-order valence-corrected chi connectivity index (χ2v) is 17.2. The van der Waals surface area contributed by atoms with Gasteiger partial charge in [0.25, 0.3) is 23.6 Å². The Morgan fingerprint density at radius 3 is 1.43 bits per heavy atom. The third kappa shape index (κ3) is 14.1. The zero-order valence-corrected chi connectivity index (χ0v) is 41.4. The number of halogens is 5. The van der Waals surface area contributed by atoms with Gasteiger partial charge in [0.15, 0.2) is 11.6 Å². The van der Waals surface area contributed by atoms with E-state index >= 15 is 0 Å². The standard InChI is InChI=1S/C48H45Cl5N8O8/c1-25(51)33-24-32(54-47(66)41(26(2)62)60-58-39-22-30(12-15-34(39)52)45(64)56-37-10-6-8-28(18-20-49)43(37)68-4)14-17-36(33)55-48(67)42(27(3)63)61-59-40-23-31(13-16-35(40)53)46(65)57-38-11-7-9-29(19-21-50)44(38)69-5/h6-17,22-25,41-42H,18-21H2,1-5H3,(H,54,66)(H,55,67)(H,56,64)(H,57,65). The number of methoxy groups -OCH3 is 2. The normalized spacial score (nSPS) is 12.5. The molecule has 3 atom stereocenters. The van der Waals surface area contributed by atoms with Crippen LogP contribution >= 0.6 is 58.0 Å². The third-order valence-corrected chi connectivity index (χ3v) is 11.3. The monoisotopic (exact) mass is 1040 g/mol. The van der Waals surface area contributed by atoms with Crippen LogP contribution in [0.4, 0.5) is 34.1 Å². The fourth-order valence-corrected chi connectivity index (χ4v) is 7.57. The molecule has 16 nitrogen and oxygen atoms in total. The van der Waals surface area contributed by atoms with Gasteiger partial charge in [0.05, 0.1) is 41.0 Å². The molecule has 360 valence electrons. The summed E-state index contributed by atoms with van der Waals surface area (Å²) >= 11 is 31.1. The van der Waals surface area contributed by atoms with Crippen LogP contribution in [0.1, 0.15) is 63.6 Å². The van der Waals surface area contributed by atoms with Crippen molar-refractivity contribution in [1.82, 2.24) is 0 Å². The molecule has 0 aromatic heterocycles. The number of Topliss-reactive ketones (excluding diaryl/α,β-unsaturated/α-hetero) is 2. The van der Waals surface area contributed by atoms with Gasteiger partial charge in [-0.2, -0.15) is 20.5 Å². The number of nitrogens with zero attached hydrogens (tertiary/aromatic N) is 4. The molecule has 0 heterocycles. The Kier molecular flexibility index (Phi) is 19.6. The number of ketones is 2. The lowest BCUT2D eigenvalue weighted by atomic mass is 10.1. The molecular weight excluding hydrogens is 994 g/mol. The van der Waals surface area contributed by atoms with E-state index in [1.807, 2.05) is 12.1 Å². The molecule has 0 aliphatic carbocycles. The first-order valence-corrected chi connectivity index (χ1v) is 23.1. The third-order valence-electron chi connectivity index (χ3n) is 10.1. The highest BCUT2D eigenvalue weighted by molar-refractivity contribution is 6.33. The van der Waals surface area contributed by atoms with E-state index in [4.69, 9.17) is 67.5 Å². The average Bonchev–Trinajstić information content (AvgIpc) is 3.30. The van der Waals surface area contributed by atoms with Crippen molar-refractivity contribution in [3.8, 4) is 11.5 Å². The number of benzene rings is 5. The van der Waals surface area contributed by atoms with Gasteiger partial charge in [-0.25, -0.2) is 0 Å². The maximum Gasteiger partial charge on any atom is 0.258 e. The number of para-hydroxylation sites is 2. The van der Waals surface area contributed by atoms with Gasteiger partial charge in [-0.3, -0.25) is 28.8 Å². The van der Waals surface area contributed by atoms with Gasteiger partial charge >= 0.3 is 0 Å². The number of alkyl halides is 3. The van der Waals surface area contributed by atoms with E-state index in [-0.39, 0.29) is 43.9 Å². The minimum atomic E-state index is -1.66. The Bertz CT molecular complexity index is 2820. The number of hydrogen-bond acceptors (Lipinski definition) is 12. The summed E-state index contributed by atoms with van der Waals surface area (Å²) in [5, 5.41) is 26.4. The number of nitrogens with one attached hydrogen (secondary N) is 4. The maximum absolute atomic E-state index is 13.6. The van der Waals surface area contributed by atoms with Gasteiger partial charge in [-0.1, -0.05) is 47.5 Å². The van der Waals surface area contributed by atoms with Crippen LogP contribution in [0.5, 0.6) is 11.5 Å². The number of anilines is 4. The second kappa shape index (κ2) is 25.3. The summed E-state index contributed by atoms with van der Waals surface area (Å²) in [7, 11) is 2.97. The highest BCUT2D eigenvalue weighted by Crippen LogP contribution is 2.35. The average molecular weight is 1040 g/mol. The molecule has 5 rings (SSSR count). The summed E-state index contributed by atoms with van der Waals surface area (Å²) < 4.78 is 11.0. The van der Waals surface area contributed by atoms with Gasteiger partial charge in [-0.05, 0) is 117 Å². The summed E-state index contributed by atoms with van der Waals surface area (Å²) in [6.45, 7) is 3.91. The minimum absolute atomic E-state index is 0.00592. The van der Waals surface area contributed by atoms with Crippen molar-refractivity contribution >= 4 is 127 Å². The van der Waals surface area contributed by atoms with Crippen molar-refractivity contribution in [2.75, 3.05) is 47.2 Å². The van der Waals surface area contributed by atoms with Gasteiger partial charge < -0.3 is 30.7 Å². The van der Waals surface area contributed by atoms with Gasteiger partial charge in [-0.15, -0.1) is 34.8 Å². The zero-order valence-electron chi connectivity index (χ0n) is 37.7. The van der Waals surface area contributed by atoms with Crippen LogP contribution in [0.2, 0.25) is 10.0 Å². The number of hydrogen-bond donors (Lipinski definition) is 4. The Labute approximate surface area is 422 Å². The number of carbonyl (C=O) groups is 6. The van der Waals surface area contributed by atoms with E-state index in [1.165, 1.54) is 68.8 Å². The number of rotatable bonds is 21. The van der Waals surface area contributed by atoms with Gasteiger partial charge in [0, 0.05) is 34.3 Å². The van der Waals surface area contributed by atoms with Gasteiger partial charge in [0.1, 0.15) is 22.9 Å². The SMILES string of the molecule is COc1c(CCCl)cccc1NC(=O)c1ccc(Cl)c(N=NC(C(C)=O)C(=O)Nc2ccc(NC(=O)C(N=Nc3cc(C(=O)Nc4cccc(CCCl)c4OC)ccc3Cl)C(C)=O)c(C(C)Cl)c2)c1. The topological polar surface area (TPSA) is 218 Å². The number of amides is 4. The van der Waals surface area contributed by atoms with Gasteiger partial charge in [0.2, 0.25) is 12.1 Å². The molecule has 21 heteroatoms. The van der Waals surface area contributed by atoms with Crippen molar-refractivity contribution in [3.05, 3.63) is 129 Å². The van der Waals surface area contributed by atoms with Crippen molar-refractivity contribution in [2.24, 2.45) is 20.5 Å². The number of azo groups is 2. The predicted octanol–water partition coefficient (Wildman–Crippen LogP) is 11.7. The first kappa shape index (κ1) is 53.5. The van der Waals surface area contributed by atoms with E-state index in [0.717, 1.165) is 25.0 Å². The molecule has 5 aromatic carbocycles. The van der Waals surface area contributed by atoms with Crippen LogP contribution in [0.15, 0.2) is 111 Å². The smallest absolute Gasteiger partial charge is 0.258 e. The zero-order chi connectivity index (χ0) is 50.4. The van der Waals surface area contributed by atoms with Crippen molar-refractivity contribution in [2.45, 2.75) is 51.1 Å². The summed E-state index contributed by atoms with van der Waals surface area (Å²) in [4.78, 5) is 79.1. The quantitative estimate of drug-likeness (QED) is 0.0314. The highest BCUT2D eigenvalue weighted by atomic mass is 35.5. The fraction of sp³-hybridized carbons (Fsp3) is 0.250. The second-order valence-electron chi connectivity index (χ2n) is 15.0. The summed E-state index contributed by atoms with van der Waals surface area (Å²) in [6, 6.07) is 20.0. The van der Waals surface area contributed by atoms with E-state index < -0.39 is 52.7 Å². The molecule has 4 N–H and O–H groups in total. The minimum Gasteiger partial charge on any atom is -0.494 e. The van der Waals surface area contributed by atoms with Crippen LogP contribution in [-0.2, 0) is 32.0 Å². The molecule has 69 heavy (non-hydrogen) atoms. The molecule has 0 saturated carbocycles. The summed E-state index contributed by atoms with van der Waals surface area (Å²) in [6.07, 6.45) is 1.03. The molecule has 0 bridgehead atoms. The van der Waals surface area contributed by atoms with E-state index in [2.05, 4.69) is 41.7 Å². The lowest BCUT2D eigenvalue weighted by Gasteiger charge is -2.17. The van der Waals surface area contributed by atoms with Crippen molar-refractivity contribution in [3.63, 3.8) is 0 Å². The molecule has 0 aliphatic heterocycles. The van der Waals surface area contributed by atoms with Crippen molar-refractivity contribution < 1.29 is 38.2 Å². The molecule has 0 fully saturated rings. The van der Waals surface area contributed by atoms with Crippen LogP contribution in [-0.4, -0.2) is 73.3 Å². The molecule has 0 saturated heterocycles. The molecule has 0 spiro atoms. The maximum atomic E-state index is 13.6.